The number of methoxy groups -OCH3 is 1. The van der Waals surface area contributed by atoms with Crippen molar-refractivity contribution in [3.8, 4) is 5.88 Å². The molecule has 0 aliphatic carbocycles. The summed E-state index contributed by atoms with van der Waals surface area (Å²) in [7, 11) is 1.64. The minimum absolute atomic E-state index is 0.293. The fraction of sp³-hybridized carbons (Fsp3) is 0.643. The molecule has 0 spiro atoms. The standard InChI is InChI=1S/C14H22N2O2/c1-18-14-8-2-5-12(15-14)11-16-9-3-6-13(16)7-4-10-17/h2,5,8,13,17H,3-4,6-7,9-11H2,1H3. The Morgan fingerprint density at radius 2 is 2.39 bits per heavy atom. The van der Waals surface area contributed by atoms with E-state index in [0.29, 0.717) is 18.5 Å². The first-order valence-electron chi connectivity index (χ1n) is 6.68. The van der Waals surface area contributed by atoms with Crippen LogP contribution in [0.2, 0.25) is 0 Å². The molecule has 2 heterocycles. The molecule has 1 aliphatic rings. The third kappa shape index (κ3) is 3.43. The van der Waals surface area contributed by atoms with Gasteiger partial charge in [-0.15, -0.1) is 0 Å². The van der Waals surface area contributed by atoms with Crippen LogP contribution < -0.4 is 4.74 Å². The van der Waals surface area contributed by atoms with Crippen LogP contribution in [0.3, 0.4) is 0 Å². The zero-order valence-electron chi connectivity index (χ0n) is 11.0. The van der Waals surface area contributed by atoms with Crippen molar-refractivity contribution in [2.75, 3.05) is 20.3 Å². The van der Waals surface area contributed by atoms with Gasteiger partial charge in [0.2, 0.25) is 5.88 Å². The first kappa shape index (κ1) is 13.3. The van der Waals surface area contributed by atoms with Crippen molar-refractivity contribution in [2.24, 2.45) is 0 Å². The Kier molecular flexibility index (Phi) is 4.96. The predicted octanol–water partition coefficient (Wildman–Crippen LogP) is 1.83. The van der Waals surface area contributed by atoms with Gasteiger partial charge in [0.15, 0.2) is 0 Å². The number of aliphatic hydroxyl groups excluding tert-OH is 1. The maximum Gasteiger partial charge on any atom is 0.213 e. The summed E-state index contributed by atoms with van der Waals surface area (Å²) in [5, 5.41) is 8.92. The third-order valence-electron chi connectivity index (χ3n) is 3.55. The fourth-order valence-corrected chi connectivity index (χ4v) is 2.62. The SMILES string of the molecule is COc1cccc(CN2CCCC2CCCO)n1. The van der Waals surface area contributed by atoms with Crippen LogP contribution in [0.5, 0.6) is 5.88 Å². The molecule has 1 aliphatic heterocycles. The summed E-state index contributed by atoms with van der Waals surface area (Å²) in [6.45, 7) is 2.31. The maximum absolute atomic E-state index is 8.92. The van der Waals surface area contributed by atoms with Crippen LogP contribution >= 0.6 is 0 Å². The Balaban J connectivity index is 1.94. The molecule has 4 nitrogen and oxygen atoms in total. The molecule has 1 fully saturated rings. The van der Waals surface area contributed by atoms with Crippen LogP contribution in [0, 0.1) is 0 Å². The lowest BCUT2D eigenvalue weighted by atomic mass is 10.1. The third-order valence-corrected chi connectivity index (χ3v) is 3.55. The van der Waals surface area contributed by atoms with Gasteiger partial charge in [0.05, 0.1) is 12.8 Å². The zero-order chi connectivity index (χ0) is 12.8. The van der Waals surface area contributed by atoms with Gasteiger partial charge in [-0.25, -0.2) is 4.98 Å². The number of likely N-dealkylation sites (tertiary alicyclic amines) is 1. The minimum atomic E-state index is 0.293. The van der Waals surface area contributed by atoms with Gasteiger partial charge >= 0.3 is 0 Å². The average molecular weight is 250 g/mol. The van der Waals surface area contributed by atoms with Crippen molar-refractivity contribution in [2.45, 2.75) is 38.3 Å². The van der Waals surface area contributed by atoms with Gasteiger partial charge in [-0.05, 0) is 38.3 Å². The van der Waals surface area contributed by atoms with E-state index in [-0.39, 0.29) is 0 Å². The van der Waals surface area contributed by atoms with E-state index in [0.717, 1.165) is 31.6 Å². The lowest BCUT2D eigenvalue weighted by Crippen LogP contribution is -2.29. The first-order chi connectivity index (χ1) is 8.83. The lowest BCUT2D eigenvalue weighted by molar-refractivity contribution is 0.208. The van der Waals surface area contributed by atoms with Crippen LogP contribution in [-0.4, -0.2) is 41.3 Å². The van der Waals surface area contributed by atoms with Crippen LogP contribution in [-0.2, 0) is 6.54 Å². The van der Waals surface area contributed by atoms with E-state index < -0.39 is 0 Å². The van der Waals surface area contributed by atoms with Gasteiger partial charge in [0.25, 0.3) is 0 Å². The molecule has 1 aromatic heterocycles. The molecule has 0 radical (unpaired) electrons. The van der Waals surface area contributed by atoms with E-state index in [4.69, 9.17) is 9.84 Å². The molecule has 1 saturated heterocycles. The quantitative estimate of drug-likeness (QED) is 0.836. The summed E-state index contributed by atoms with van der Waals surface area (Å²) >= 11 is 0. The van der Waals surface area contributed by atoms with Crippen LogP contribution in [0.4, 0.5) is 0 Å². The van der Waals surface area contributed by atoms with Crippen molar-refractivity contribution in [3.05, 3.63) is 23.9 Å². The van der Waals surface area contributed by atoms with E-state index in [2.05, 4.69) is 9.88 Å². The van der Waals surface area contributed by atoms with Crippen LogP contribution in [0.15, 0.2) is 18.2 Å². The zero-order valence-corrected chi connectivity index (χ0v) is 11.0. The Morgan fingerprint density at radius 1 is 1.50 bits per heavy atom. The summed E-state index contributed by atoms with van der Waals surface area (Å²) in [6, 6.07) is 6.51. The molecule has 100 valence electrons. The fourth-order valence-electron chi connectivity index (χ4n) is 2.62. The highest BCUT2D eigenvalue weighted by Crippen LogP contribution is 2.23. The van der Waals surface area contributed by atoms with Crippen molar-refractivity contribution >= 4 is 0 Å². The Hall–Kier alpha value is -1.13. The second kappa shape index (κ2) is 6.71. The van der Waals surface area contributed by atoms with Gasteiger partial charge < -0.3 is 9.84 Å². The highest BCUT2D eigenvalue weighted by atomic mass is 16.5. The van der Waals surface area contributed by atoms with E-state index in [1.54, 1.807) is 7.11 Å². The van der Waals surface area contributed by atoms with Crippen molar-refractivity contribution in [1.29, 1.82) is 0 Å². The molecule has 0 aromatic carbocycles. The van der Waals surface area contributed by atoms with Gasteiger partial charge in [0, 0.05) is 25.3 Å². The van der Waals surface area contributed by atoms with Crippen LogP contribution in [0.25, 0.3) is 0 Å². The molecule has 1 unspecified atom stereocenters. The number of hydrogen-bond acceptors (Lipinski definition) is 4. The number of aromatic nitrogens is 1. The molecule has 18 heavy (non-hydrogen) atoms. The summed E-state index contributed by atoms with van der Waals surface area (Å²) in [5.74, 6) is 0.679. The number of pyridine rings is 1. The lowest BCUT2D eigenvalue weighted by Gasteiger charge is -2.23. The molecular formula is C14H22N2O2. The Bertz CT molecular complexity index is 371. The van der Waals surface area contributed by atoms with E-state index >= 15 is 0 Å². The van der Waals surface area contributed by atoms with Crippen molar-refractivity contribution in [1.82, 2.24) is 9.88 Å². The molecule has 1 N–H and O–H groups in total. The molecule has 0 bridgehead atoms. The molecule has 1 atom stereocenters. The smallest absolute Gasteiger partial charge is 0.213 e. The van der Waals surface area contributed by atoms with Gasteiger partial charge in [-0.1, -0.05) is 6.07 Å². The highest BCUT2D eigenvalue weighted by Gasteiger charge is 2.24. The number of hydrogen-bond donors (Lipinski definition) is 1. The number of nitrogens with zero attached hydrogens (tertiary/aromatic N) is 2. The summed E-state index contributed by atoms with van der Waals surface area (Å²) < 4.78 is 5.15. The number of aliphatic hydroxyl groups is 1. The monoisotopic (exact) mass is 250 g/mol. The Labute approximate surface area is 109 Å². The van der Waals surface area contributed by atoms with E-state index in [1.165, 1.54) is 12.8 Å². The molecule has 2 rings (SSSR count). The predicted molar refractivity (Wildman–Crippen MR) is 70.5 cm³/mol. The van der Waals surface area contributed by atoms with Gasteiger partial charge in [-0.2, -0.15) is 0 Å². The topological polar surface area (TPSA) is 45.6 Å². The van der Waals surface area contributed by atoms with Gasteiger partial charge in [0.1, 0.15) is 0 Å². The number of rotatable bonds is 6. The molecule has 1 aromatic rings. The summed E-state index contributed by atoms with van der Waals surface area (Å²) in [5.41, 5.74) is 1.06. The van der Waals surface area contributed by atoms with Crippen molar-refractivity contribution < 1.29 is 9.84 Å². The summed E-state index contributed by atoms with van der Waals surface area (Å²) in [4.78, 5) is 6.93. The van der Waals surface area contributed by atoms with Crippen LogP contribution in [0.1, 0.15) is 31.4 Å². The van der Waals surface area contributed by atoms with E-state index in [1.807, 2.05) is 18.2 Å². The van der Waals surface area contributed by atoms with E-state index in [9.17, 15) is 0 Å². The molecule has 0 saturated carbocycles. The largest absolute Gasteiger partial charge is 0.481 e. The Morgan fingerprint density at radius 3 is 3.17 bits per heavy atom. The molecular weight excluding hydrogens is 228 g/mol. The second-order valence-corrected chi connectivity index (χ2v) is 4.80. The molecule has 0 amide bonds. The molecule has 4 heteroatoms. The van der Waals surface area contributed by atoms with Gasteiger partial charge in [-0.3, -0.25) is 4.90 Å². The maximum atomic E-state index is 8.92. The highest BCUT2D eigenvalue weighted by molar-refractivity contribution is 5.15. The first-order valence-corrected chi connectivity index (χ1v) is 6.68. The minimum Gasteiger partial charge on any atom is -0.481 e. The van der Waals surface area contributed by atoms with Crippen molar-refractivity contribution in [3.63, 3.8) is 0 Å². The number of ether oxygens (including phenoxy) is 1. The summed E-state index contributed by atoms with van der Waals surface area (Å²) in [6.07, 6.45) is 4.47. The normalized spacial score (nSPS) is 20.2. The second-order valence-electron chi connectivity index (χ2n) is 4.80. The average Bonchev–Trinajstić information content (AvgIpc) is 2.84.